The summed E-state index contributed by atoms with van der Waals surface area (Å²) in [7, 11) is 0. The van der Waals surface area contributed by atoms with Gasteiger partial charge in [0.2, 0.25) is 5.13 Å². The number of benzene rings is 1. The Bertz CT molecular complexity index is 634. The zero-order valence-electron chi connectivity index (χ0n) is 11.6. The van der Waals surface area contributed by atoms with Crippen LogP contribution in [0.5, 0.6) is 5.75 Å². The minimum atomic E-state index is -0.295. The fourth-order valence-corrected chi connectivity index (χ4v) is 3.30. The molecule has 5 nitrogen and oxygen atoms in total. The number of rotatable bonds is 6. The van der Waals surface area contributed by atoms with Gasteiger partial charge in [-0.2, -0.15) is 0 Å². The maximum atomic E-state index is 11.8. The summed E-state index contributed by atoms with van der Waals surface area (Å²) in [6, 6.07) is 5.41. The highest BCUT2D eigenvalue weighted by Gasteiger charge is 2.10. The van der Waals surface area contributed by atoms with Gasteiger partial charge in [0.05, 0.1) is 5.02 Å². The van der Waals surface area contributed by atoms with E-state index in [1.165, 1.54) is 11.3 Å². The van der Waals surface area contributed by atoms with Crippen molar-refractivity contribution < 1.29 is 9.53 Å². The summed E-state index contributed by atoms with van der Waals surface area (Å²) < 4.78 is 6.24. The van der Waals surface area contributed by atoms with Crippen molar-refractivity contribution in [1.82, 2.24) is 10.2 Å². The largest absolute Gasteiger partial charge is 0.482 e. The van der Waals surface area contributed by atoms with Crippen molar-refractivity contribution in [3.05, 3.63) is 28.8 Å². The molecule has 0 aliphatic heterocycles. The summed E-state index contributed by atoms with van der Waals surface area (Å²) in [5.41, 5.74) is 1.01. The summed E-state index contributed by atoms with van der Waals surface area (Å²) in [5.74, 6) is 1.11. The smallest absolute Gasteiger partial charge is 0.264 e. The fourth-order valence-electron chi connectivity index (χ4n) is 1.46. The lowest BCUT2D eigenvalue weighted by atomic mass is 10.2. The van der Waals surface area contributed by atoms with Crippen LogP contribution in [0.3, 0.4) is 0 Å². The molecule has 21 heavy (non-hydrogen) atoms. The highest BCUT2D eigenvalue weighted by molar-refractivity contribution is 8.01. The number of nitrogens with zero attached hydrogens (tertiary/aromatic N) is 2. The molecule has 1 N–H and O–H groups in total. The van der Waals surface area contributed by atoms with Crippen LogP contribution in [0, 0.1) is 6.92 Å². The van der Waals surface area contributed by atoms with Crippen LogP contribution in [0.25, 0.3) is 0 Å². The predicted molar refractivity (Wildman–Crippen MR) is 86.6 cm³/mol. The molecule has 0 bridgehead atoms. The quantitative estimate of drug-likeness (QED) is 0.641. The molecule has 1 aromatic carbocycles. The third-order valence-electron chi connectivity index (χ3n) is 2.37. The first-order valence-electron chi connectivity index (χ1n) is 6.23. The Kier molecular flexibility index (Phi) is 5.84. The van der Waals surface area contributed by atoms with Crippen LogP contribution in [-0.2, 0) is 4.79 Å². The SMILES string of the molecule is CCSc1nnc(NC(=O)COc2cc(C)ccc2Cl)s1. The minimum Gasteiger partial charge on any atom is -0.482 e. The molecule has 1 heterocycles. The van der Waals surface area contributed by atoms with Crippen molar-refractivity contribution in [1.29, 1.82) is 0 Å². The van der Waals surface area contributed by atoms with Gasteiger partial charge in [-0.25, -0.2) is 0 Å². The number of aromatic nitrogens is 2. The fraction of sp³-hybridized carbons (Fsp3) is 0.308. The molecule has 0 saturated heterocycles. The summed E-state index contributed by atoms with van der Waals surface area (Å²) in [6.07, 6.45) is 0. The average Bonchev–Trinajstić information content (AvgIpc) is 2.87. The van der Waals surface area contributed by atoms with Gasteiger partial charge in [-0.1, -0.05) is 47.7 Å². The first kappa shape index (κ1) is 16.1. The van der Waals surface area contributed by atoms with Crippen molar-refractivity contribution in [2.45, 2.75) is 18.2 Å². The monoisotopic (exact) mass is 343 g/mol. The van der Waals surface area contributed by atoms with Gasteiger partial charge >= 0.3 is 0 Å². The molecule has 0 spiro atoms. The van der Waals surface area contributed by atoms with Crippen LogP contribution in [0.2, 0.25) is 5.02 Å². The maximum Gasteiger partial charge on any atom is 0.264 e. The molecule has 0 atom stereocenters. The Hall–Kier alpha value is -1.31. The molecule has 0 aliphatic rings. The van der Waals surface area contributed by atoms with Crippen molar-refractivity contribution in [3.63, 3.8) is 0 Å². The molecule has 8 heteroatoms. The number of ether oxygens (including phenoxy) is 1. The highest BCUT2D eigenvalue weighted by atomic mass is 35.5. The molecule has 0 saturated carbocycles. The van der Waals surface area contributed by atoms with Gasteiger partial charge in [-0.05, 0) is 30.4 Å². The number of hydrogen-bond donors (Lipinski definition) is 1. The predicted octanol–water partition coefficient (Wildman–Crippen LogP) is 3.63. The van der Waals surface area contributed by atoms with E-state index in [2.05, 4.69) is 15.5 Å². The van der Waals surface area contributed by atoms with E-state index in [9.17, 15) is 4.79 Å². The number of anilines is 1. The van der Waals surface area contributed by atoms with Crippen molar-refractivity contribution >= 4 is 45.7 Å². The number of carbonyl (C=O) groups excluding carboxylic acids is 1. The minimum absolute atomic E-state index is 0.126. The molecule has 0 aliphatic carbocycles. The Balaban J connectivity index is 1.88. The summed E-state index contributed by atoms with van der Waals surface area (Å²) in [6.45, 7) is 3.83. The maximum absolute atomic E-state index is 11.8. The molecule has 112 valence electrons. The van der Waals surface area contributed by atoms with Gasteiger partial charge < -0.3 is 4.74 Å². The number of thioether (sulfide) groups is 1. The van der Waals surface area contributed by atoms with Crippen LogP contribution in [-0.4, -0.2) is 28.5 Å². The Morgan fingerprint density at radius 2 is 2.29 bits per heavy atom. The lowest BCUT2D eigenvalue weighted by molar-refractivity contribution is -0.118. The first-order valence-corrected chi connectivity index (χ1v) is 8.41. The molecule has 1 amide bonds. The van der Waals surface area contributed by atoms with E-state index in [1.54, 1.807) is 23.9 Å². The zero-order chi connectivity index (χ0) is 15.2. The molecule has 1 aromatic heterocycles. The second-order valence-corrected chi connectivity index (χ2v) is 6.97. The van der Waals surface area contributed by atoms with E-state index in [-0.39, 0.29) is 12.5 Å². The Morgan fingerprint density at radius 3 is 3.05 bits per heavy atom. The lowest BCUT2D eigenvalue weighted by Crippen LogP contribution is -2.20. The lowest BCUT2D eigenvalue weighted by Gasteiger charge is -2.08. The topological polar surface area (TPSA) is 64.1 Å². The van der Waals surface area contributed by atoms with Gasteiger partial charge in [-0.15, -0.1) is 10.2 Å². The average molecular weight is 344 g/mol. The van der Waals surface area contributed by atoms with E-state index in [0.29, 0.717) is 15.9 Å². The van der Waals surface area contributed by atoms with Crippen LogP contribution in [0.1, 0.15) is 12.5 Å². The molecular weight excluding hydrogens is 330 g/mol. The first-order chi connectivity index (χ1) is 10.1. The van der Waals surface area contributed by atoms with Gasteiger partial charge in [-0.3, -0.25) is 10.1 Å². The second-order valence-electron chi connectivity index (χ2n) is 4.08. The standard InChI is InChI=1S/C13H14ClN3O2S2/c1-3-20-13-17-16-12(21-13)15-11(18)7-19-10-6-8(2)4-5-9(10)14/h4-6H,3,7H2,1-2H3,(H,15,16,18). The number of nitrogens with one attached hydrogen (secondary N) is 1. The summed E-state index contributed by atoms with van der Waals surface area (Å²) in [4.78, 5) is 11.8. The molecule has 0 fully saturated rings. The third-order valence-corrected chi connectivity index (χ3v) is 4.53. The number of carbonyl (C=O) groups is 1. The van der Waals surface area contributed by atoms with Crippen molar-refractivity contribution in [2.24, 2.45) is 0 Å². The number of hydrogen-bond acceptors (Lipinski definition) is 6. The summed E-state index contributed by atoms with van der Waals surface area (Å²) in [5, 5.41) is 11.4. The van der Waals surface area contributed by atoms with E-state index in [1.807, 2.05) is 19.9 Å². The second kappa shape index (κ2) is 7.63. The van der Waals surface area contributed by atoms with E-state index in [0.717, 1.165) is 15.7 Å². The summed E-state index contributed by atoms with van der Waals surface area (Å²) >= 11 is 8.92. The van der Waals surface area contributed by atoms with E-state index in [4.69, 9.17) is 16.3 Å². The van der Waals surface area contributed by atoms with E-state index < -0.39 is 0 Å². The molecule has 0 radical (unpaired) electrons. The van der Waals surface area contributed by atoms with E-state index >= 15 is 0 Å². The highest BCUT2D eigenvalue weighted by Crippen LogP contribution is 2.26. The number of amides is 1. The molecule has 2 aromatic rings. The Morgan fingerprint density at radius 1 is 1.48 bits per heavy atom. The van der Waals surface area contributed by atoms with Crippen LogP contribution >= 0.6 is 34.7 Å². The molecular formula is C13H14ClN3O2S2. The van der Waals surface area contributed by atoms with Crippen LogP contribution < -0.4 is 10.1 Å². The number of halogens is 1. The van der Waals surface area contributed by atoms with Crippen molar-refractivity contribution in [3.8, 4) is 5.75 Å². The van der Waals surface area contributed by atoms with Gasteiger partial charge in [0.1, 0.15) is 5.75 Å². The third kappa shape index (κ3) is 4.87. The van der Waals surface area contributed by atoms with Gasteiger partial charge in [0, 0.05) is 0 Å². The van der Waals surface area contributed by atoms with Gasteiger partial charge in [0.15, 0.2) is 10.9 Å². The normalized spacial score (nSPS) is 10.4. The van der Waals surface area contributed by atoms with Crippen molar-refractivity contribution in [2.75, 3.05) is 17.7 Å². The molecule has 0 unspecified atom stereocenters. The van der Waals surface area contributed by atoms with Crippen LogP contribution in [0.15, 0.2) is 22.5 Å². The van der Waals surface area contributed by atoms with Crippen LogP contribution in [0.4, 0.5) is 5.13 Å². The Labute approximate surface area is 136 Å². The van der Waals surface area contributed by atoms with Gasteiger partial charge in [0.25, 0.3) is 5.91 Å². The number of aryl methyl sites for hydroxylation is 1. The zero-order valence-corrected chi connectivity index (χ0v) is 13.9. The molecule has 2 rings (SSSR count).